The molecule has 7 aromatic rings. The van der Waals surface area contributed by atoms with E-state index in [2.05, 4.69) is 15.0 Å². The van der Waals surface area contributed by atoms with Gasteiger partial charge in [-0.05, 0) is 127 Å². The molecule has 0 unspecified atom stereocenters. The predicted octanol–water partition coefficient (Wildman–Crippen LogP) is 8.15. The van der Waals surface area contributed by atoms with Crippen LogP contribution in [0.25, 0.3) is 33.8 Å². The molecule has 57 heavy (non-hydrogen) atoms. The lowest BCUT2D eigenvalue weighted by atomic mass is 10.1. The van der Waals surface area contributed by atoms with E-state index in [1.165, 1.54) is 36.8 Å². The van der Waals surface area contributed by atoms with Crippen LogP contribution in [0.2, 0.25) is 0 Å². The Morgan fingerprint density at radius 2 is 0.649 bits per heavy atom. The minimum Gasteiger partial charge on any atom is -0.423 e. The summed E-state index contributed by atoms with van der Waals surface area (Å²) >= 11 is 0. The van der Waals surface area contributed by atoms with Crippen molar-refractivity contribution in [3.63, 3.8) is 0 Å². The van der Waals surface area contributed by atoms with E-state index in [0.29, 0.717) is 33.8 Å². The molecule has 0 saturated carbocycles. The van der Waals surface area contributed by atoms with Crippen LogP contribution in [0, 0.1) is 34.0 Å². The molecule has 3 heterocycles. The summed E-state index contributed by atoms with van der Waals surface area (Å²) in [4.78, 5) is 53.4. The molecular formula is C45H24N6O6. The number of pyridine rings is 3. The second kappa shape index (κ2) is 16.5. The van der Waals surface area contributed by atoms with Gasteiger partial charge in [0.25, 0.3) is 0 Å². The highest BCUT2D eigenvalue weighted by Gasteiger charge is 2.21. The Kier molecular flexibility index (Phi) is 10.6. The monoisotopic (exact) mass is 744 g/mol. The Balaban J connectivity index is 1.12. The van der Waals surface area contributed by atoms with Crippen molar-refractivity contribution in [3.05, 3.63) is 179 Å². The van der Waals surface area contributed by atoms with E-state index in [0.717, 1.165) is 16.7 Å². The fourth-order valence-electron chi connectivity index (χ4n) is 5.45. The van der Waals surface area contributed by atoms with Crippen LogP contribution < -0.4 is 14.2 Å². The summed E-state index contributed by atoms with van der Waals surface area (Å²) in [6.07, 6.45) is 4.37. The number of benzene rings is 4. The fraction of sp³-hybridized carbons (Fsp3) is 0. The van der Waals surface area contributed by atoms with E-state index < -0.39 is 17.9 Å². The third-order valence-corrected chi connectivity index (χ3v) is 8.40. The van der Waals surface area contributed by atoms with Crippen LogP contribution in [-0.2, 0) is 0 Å². The number of carbonyl (C=O) groups excluding carboxylic acids is 3. The maximum atomic E-state index is 13.5. The van der Waals surface area contributed by atoms with Crippen LogP contribution in [0.15, 0.2) is 146 Å². The van der Waals surface area contributed by atoms with E-state index in [-0.39, 0.29) is 33.9 Å². The summed E-state index contributed by atoms with van der Waals surface area (Å²) in [7, 11) is 0. The van der Waals surface area contributed by atoms with Crippen LogP contribution in [0.5, 0.6) is 17.2 Å². The summed E-state index contributed by atoms with van der Waals surface area (Å²) in [5, 5.41) is 27.1. The molecule has 0 atom stereocenters. The van der Waals surface area contributed by atoms with Gasteiger partial charge in [-0.15, -0.1) is 0 Å². The van der Waals surface area contributed by atoms with Crippen LogP contribution in [0.4, 0.5) is 0 Å². The van der Waals surface area contributed by atoms with Crippen molar-refractivity contribution in [3.8, 4) is 69.2 Å². The lowest BCUT2D eigenvalue weighted by Crippen LogP contribution is -2.16. The molecule has 12 heteroatoms. The van der Waals surface area contributed by atoms with Crippen molar-refractivity contribution in [2.75, 3.05) is 0 Å². The van der Waals surface area contributed by atoms with Gasteiger partial charge in [0.15, 0.2) is 0 Å². The molecule has 0 spiro atoms. The molecule has 0 fully saturated rings. The molecular weight excluding hydrogens is 721 g/mol. The molecule has 0 amide bonds. The summed E-state index contributed by atoms with van der Waals surface area (Å²) in [5.41, 5.74) is 4.88. The first kappa shape index (κ1) is 36.6. The van der Waals surface area contributed by atoms with Crippen molar-refractivity contribution in [2.24, 2.45) is 0 Å². The van der Waals surface area contributed by atoms with E-state index in [1.54, 1.807) is 109 Å². The zero-order valence-electron chi connectivity index (χ0n) is 29.5. The highest BCUT2D eigenvalue weighted by Crippen LogP contribution is 2.26. The molecule has 0 radical (unpaired) electrons. The van der Waals surface area contributed by atoms with Gasteiger partial charge in [-0.2, -0.15) is 15.8 Å². The van der Waals surface area contributed by atoms with E-state index in [9.17, 15) is 14.4 Å². The first-order valence-electron chi connectivity index (χ1n) is 17.0. The van der Waals surface area contributed by atoms with Gasteiger partial charge >= 0.3 is 17.9 Å². The number of carbonyl (C=O) groups is 3. The quantitative estimate of drug-likeness (QED) is 0.102. The molecule has 7 rings (SSSR count). The number of hydrogen-bond donors (Lipinski definition) is 0. The Morgan fingerprint density at radius 3 is 0.860 bits per heavy atom. The number of hydrogen-bond acceptors (Lipinski definition) is 12. The highest BCUT2D eigenvalue weighted by atomic mass is 16.5. The molecule has 0 aliphatic rings. The van der Waals surface area contributed by atoms with Crippen molar-refractivity contribution in [1.82, 2.24) is 15.0 Å². The molecule has 0 N–H and O–H groups in total. The molecule has 0 bridgehead atoms. The number of aromatic nitrogens is 3. The van der Waals surface area contributed by atoms with Gasteiger partial charge in [0, 0.05) is 35.3 Å². The van der Waals surface area contributed by atoms with Gasteiger partial charge < -0.3 is 14.2 Å². The van der Waals surface area contributed by atoms with Crippen LogP contribution in [0.1, 0.15) is 47.8 Å². The number of ether oxygens (including phenoxy) is 3. The largest absolute Gasteiger partial charge is 0.423 e. The summed E-state index contributed by atoms with van der Waals surface area (Å²) in [6.45, 7) is 0. The Hall–Kier alpha value is -8.79. The third-order valence-electron chi connectivity index (χ3n) is 8.40. The third kappa shape index (κ3) is 8.72. The normalized spacial score (nSPS) is 10.3. The molecule has 4 aromatic carbocycles. The highest BCUT2D eigenvalue weighted by molar-refractivity contribution is 6.02. The topological polar surface area (TPSA) is 189 Å². The Morgan fingerprint density at radius 1 is 0.386 bits per heavy atom. The van der Waals surface area contributed by atoms with Gasteiger partial charge in [0.05, 0.1) is 50.5 Å². The minimum atomic E-state index is -0.860. The van der Waals surface area contributed by atoms with Gasteiger partial charge in [-0.25, -0.2) is 14.4 Å². The first-order chi connectivity index (χ1) is 27.8. The molecule has 12 nitrogen and oxygen atoms in total. The van der Waals surface area contributed by atoms with E-state index in [1.807, 2.05) is 18.2 Å². The first-order valence-corrected chi connectivity index (χ1v) is 17.0. The Labute approximate surface area is 325 Å². The number of rotatable bonds is 9. The van der Waals surface area contributed by atoms with Crippen LogP contribution in [-0.4, -0.2) is 32.9 Å². The molecule has 270 valence electrons. The lowest BCUT2D eigenvalue weighted by Gasteiger charge is -2.11. The van der Waals surface area contributed by atoms with Gasteiger partial charge in [-0.1, -0.05) is 0 Å². The second-order valence-corrected chi connectivity index (χ2v) is 12.2. The maximum Gasteiger partial charge on any atom is 0.343 e. The molecule has 3 aromatic heterocycles. The lowest BCUT2D eigenvalue weighted by molar-refractivity contribution is 0.0734. The van der Waals surface area contributed by atoms with Crippen molar-refractivity contribution < 1.29 is 28.6 Å². The molecule has 0 aliphatic heterocycles. The minimum absolute atomic E-state index is 0.126. The summed E-state index contributed by atoms with van der Waals surface area (Å²) < 4.78 is 16.9. The fourth-order valence-corrected chi connectivity index (χ4v) is 5.45. The molecule has 0 aliphatic carbocycles. The standard InChI is InChI=1S/C45H24N6O6/c46-22-28-1-16-40(49-25-28)31-4-10-37(11-5-31)55-43(52)34-19-35(44(53)56-38-12-6-32(7-13-38)41-17-2-29(23-47)26-50-41)21-36(20-34)45(54)57-39-14-8-33(9-15-39)42-18-3-30(24-48)27-51-42/h1-21,25-27H. The number of nitriles is 3. The van der Waals surface area contributed by atoms with Crippen molar-refractivity contribution >= 4 is 17.9 Å². The molecule has 0 saturated heterocycles. The number of esters is 3. The van der Waals surface area contributed by atoms with Crippen molar-refractivity contribution in [1.29, 1.82) is 15.8 Å². The Bertz CT molecular complexity index is 2430. The van der Waals surface area contributed by atoms with E-state index >= 15 is 0 Å². The average Bonchev–Trinajstić information content (AvgIpc) is 3.27. The van der Waals surface area contributed by atoms with Crippen LogP contribution >= 0.6 is 0 Å². The summed E-state index contributed by atoms with van der Waals surface area (Å²) in [5.74, 6) is -2.03. The van der Waals surface area contributed by atoms with Gasteiger partial charge in [0.2, 0.25) is 0 Å². The SMILES string of the molecule is N#Cc1ccc(-c2ccc(OC(=O)c3cc(C(=O)Oc4ccc(-c5ccc(C#N)cn5)cc4)cc(C(=O)Oc4ccc(-c5ccc(C#N)cn5)cc4)c3)cc2)nc1. The zero-order valence-corrected chi connectivity index (χ0v) is 29.5. The smallest absolute Gasteiger partial charge is 0.343 e. The van der Waals surface area contributed by atoms with Crippen LogP contribution in [0.3, 0.4) is 0 Å². The predicted molar refractivity (Wildman–Crippen MR) is 204 cm³/mol. The maximum absolute atomic E-state index is 13.5. The zero-order chi connectivity index (χ0) is 39.7. The van der Waals surface area contributed by atoms with Gasteiger partial charge in [0.1, 0.15) is 35.5 Å². The second-order valence-electron chi connectivity index (χ2n) is 12.2. The average molecular weight is 745 g/mol. The van der Waals surface area contributed by atoms with Gasteiger partial charge in [-0.3, -0.25) is 15.0 Å². The van der Waals surface area contributed by atoms with Crippen molar-refractivity contribution in [2.45, 2.75) is 0 Å². The summed E-state index contributed by atoms with van der Waals surface area (Å²) in [6, 6.07) is 39.4. The number of nitrogens with zero attached hydrogens (tertiary/aromatic N) is 6. The van der Waals surface area contributed by atoms with E-state index in [4.69, 9.17) is 30.0 Å².